The van der Waals surface area contributed by atoms with Crippen LogP contribution in [0.4, 0.5) is 0 Å². The van der Waals surface area contributed by atoms with E-state index >= 15 is 0 Å². The van der Waals surface area contributed by atoms with Crippen molar-refractivity contribution in [1.82, 2.24) is 5.32 Å². The van der Waals surface area contributed by atoms with Gasteiger partial charge in [0.1, 0.15) is 5.75 Å². The number of carbonyl (C=O) groups excluding carboxylic acids is 1. The van der Waals surface area contributed by atoms with Gasteiger partial charge in [-0.05, 0) is 31.0 Å². The van der Waals surface area contributed by atoms with E-state index in [2.05, 4.69) is 5.32 Å². The zero-order valence-corrected chi connectivity index (χ0v) is 11.9. The molecule has 0 aliphatic rings. The maximum Gasteiger partial charge on any atom is 0.257 e. The molecule has 1 aromatic carbocycles. The van der Waals surface area contributed by atoms with Crippen LogP contribution in [0.1, 0.15) is 23.7 Å². The van der Waals surface area contributed by atoms with Crippen molar-refractivity contribution in [2.45, 2.75) is 19.4 Å². The van der Waals surface area contributed by atoms with Crippen LogP contribution in [-0.2, 0) is 4.79 Å². The molecule has 1 aromatic heterocycles. The van der Waals surface area contributed by atoms with Crippen molar-refractivity contribution in [3.05, 3.63) is 54.0 Å². The molecule has 0 bridgehead atoms. The number of amides is 1. The van der Waals surface area contributed by atoms with Gasteiger partial charge >= 0.3 is 0 Å². The number of ether oxygens (including phenoxy) is 1. The van der Waals surface area contributed by atoms with Gasteiger partial charge in [-0.1, -0.05) is 18.2 Å². The van der Waals surface area contributed by atoms with Crippen LogP contribution >= 0.6 is 0 Å². The molecule has 0 saturated carbocycles. The summed E-state index contributed by atoms with van der Waals surface area (Å²) in [6, 6.07) is 9.23. The van der Waals surface area contributed by atoms with Crippen molar-refractivity contribution in [1.29, 1.82) is 0 Å². The van der Waals surface area contributed by atoms with Crippen molar-refractivity contribution in [3.63, 3.8) is 0 Å². The fourth-order valence-electron chi connectivity index (χ4n) is 1.89. The second-order valence-electron chi connectivity index (χ2n) is 4.77. The Bertz CT molecular complexity index is 565. The Labute approximate surface area is 123 Å². The number of aliphatic hydroxyl groups is 1. The van der Waals surface area contributed by atoms with E-state index in [0.717, 1.165) is 5.56 Å². The van der Waals surface area contributed by atoms with E-state index in [1.54, 1.807) is 6.07 Å². The van der Waals surface area contributed by atoms with Gasteiger partial charge in [0.15, 0.2) is 6.61 Å². The molecule has 1 atom stereocenters. The van der Waals surface area contributed by atoms with Crippen LogP contribution in [0.25, 0.3) is 0 Å². The van der Waals surface area contributed by atoms with Crippen molar-refractivity contribution in [3.8, 4) is 5.75 Å². The SMILES string of the molecule is Cc1ccccc1OCC(=O)NCCC(O)c1ccoc1. The Hall–Kier alpha value is -2.27. The lowest BCUT2D eigenvalue weighted by molar-refractivity contribution is -0.123. The fourth-order valence-corrected chi connectivity index (χ4v) is 1.89. The molecule has 0 aliphatic heterocycles. The summed E-state index contributed by atoms with van der Waals surface area (Å²) in [6.07, 6.45) is 2.79. The van der Waals surface area contributed by atoms with Gasteiger partial charge in [0.05, 0.1) is 18.6 Å². The number of carbonyl (C=O) groups is 1. The lowest BCUT2D eigenvalue weighted by atomic mass is 10.1. The highest BCUT2D eigenvalue weighted by atomic mass is 16.5. The summed E-state index contributed by atoms with van der Waals surface area (Å²) in [4.78, 5) is 11.7. The third-order valence-electron chi connectivity index (χ3n) is 3.12. The van der Waals surface area contributed by atoms with E-state index in [4.69, 9.17) is 9.15 Å². The second-order valence-corrected chi connectivity index (χ2v) is 4.77. The Kier molecular flexibility index (Phi) is 5.40. The first-order chi connectivity index (χ1) is 10.2. The number of furan rings is 1. The summed E-state index contributed by atoms with van der Waals surface area (Å²) in [5, 5.41) is 12.5. The minimum atomic E-state index is -0.638. The summed E-state index contributed by atoms with van der Waals surface area (Å²) >= 11 is 0. The number of hydrogen-bond acceptors (Lipinski definition) is 4. The van der Waals surface area contributed by atoms with Crippen LogP contribution in [0.3, 0.4) is 0 Å². The number of para-hydroxylation sites is 1. The molecule has 5 heteroatoms. The zero-order chi connectivity index (χ0) is 15.1. The number of rotatable bonds is 7. The third kappa shape index (κ3) is 4.65. The van der Waals surface area contributed by atoms with Crippen LogP contribution in [-0.4, -0.2) is 24.2 Å². The van der Waals surface area contributed by atoms with Crippen LogP contribution in [0.15, 0.2) is 47.3 Å². The molecule has 1 heterocycles. The third-order valence-corrected chi connectivity index (χ3v) is 3.12. The first kappa shape index (κ1) is 15.1. The van der Waals surface area contributed by atoms with E-state index < -0.39 is 6.10 Å². The van der Waals surface area contributed by atoms with Crippen LogP contribution in [0.2, 0.25) is 0 Å². The first-order valence-electron chi connectivity index (χ1n) is 6.82. The Morgan fingerprint density at radius 1 is 1.38 bits per heavy atom. The van der Waals surface area contributed by atoms with E-state index in [1.165, 1.54) is 12.5 Å². The van der Waals surface area contributed by atoms with Crippen LogP contribution in [0.5, 0.6) is 5.75 Å². The molecule has 0 radical (unpaired) electrons. The predicted molar refractivity (Wildman–Crippen MR) is 78.0 cm³/mol. The van der Waals surface area contributed by atoms with Crippen molar-refractivity contribution in [2.24, 2.45) is 0 Å². The quantitative estimate of drug-likeness (QED) is 0.819. The minimum Gasteiger partial charge on any atom is -0.484 e. The highest BCUT2D eigenvalue weighted by Gasteiger charge is 2.10. The van der Waals surface area contributed by atoms with Crippen LogP contribution in [0, 0.1) is 6.92 Å². The number of benzene rings is 1. The Morgan fingerprint density at radius 2 is 2.19 bits per heavy atom. The van der Waals surface area contributed by atoms with Gasteiger partial charge in [-0.15, -0.1) is 0 Å². The topological polar surface area (TPSA) is 71.7 Å². The number of nitrogens with one attached hydrogen (secondary N) is 1. The van der Waals surface area contributed by atoms with E-state index in [1.807, 2.05) is 31.2 Å². The van der Waals surface area contributed by atoms with Gasteiger partial charge in [-0.25, -0.2) is 0 Å². The molecule has 0 aliphatic carbocycles. The summed E-state index contributed by atoms with van der Waals surface area (Å²) in [5.74, 6) is 0.490. The summed E-state index contributed by atoms with van der Waals surface area (Å²) < 4.78 is 10.3. The summed E-state index contributed by atoms with van der Waals surface area (Å²) in [6.45, 7) is 2.27. The molecule has 1 amide bonds. The smallest absolute Gasteiger partial charge is 0.257 e. The lowest BCUT2D eigenvalue weighted by Gasteiger charge is -2.11. The van der Waals surface area contributed by atoms with Crippen molar-refractivity contribution < 1.29 is 19.1 Å². The lowest BCUT2D eigenvalue weighted by Crippen LogP contribution is -2.30. The van der Waals surface area contributed by atoms with Gasteiger partial charge in [-0.2, -0.15) is 0 Å². The molecular formula is C16H19NO4. The first-order valence-corrected chi connectivity index (χ1v) is 6.82. The molecule has 0 saturated heterocycles. The second kappa shape index (κ2) is 7.50. The number of aliphatic hydroxyl groups excluding tert-OH is 1. The maximum absolute atomic E-state index is 11.7. The van der Waals surface area contributed by atoms with E-state index in [0.29, 0.717) is 24.3 Å². The van der Waals surface area contributed by atoms with Crippen molar-refractivity contribution >= 4 is 5.91 Å². The van der Waals surface area contributed by atoms with Crippen LogP contribution < -0.4 is 10.1 Å². The maximum atomic E-state index is 11.7. The molecule has 2 aromatic rings. The Balaban J connectivity index is 1.67. The fraction of sp³-hybridized carbons (Fsp3) is 0.312. The molecule has 21 heavy (non-hydrogen) atoms. The van der Waals surface area contributed by atoms with Gasteiger partial charge in [0.2, 0.25) is 0 Å². The molecule has 0 spiro atoms. The van der Waals surface area contributed by atoms with E-state index in [-0.39, 0.29) is 12.5 Å². The molecule has 2 N–H and O–H groups in total. The largest absolute Gasteiger partial charge is 0.484 e. The van der Waals surface area contributed by atoms with E-state index in [9.17, 15) is 9.90 Å². The van der Waals surface area contributed by atoms with Gasteiger partial charge in [0, 0.05) is 12.1 Å². The zero-order valence-electron chi connectivity index (χ0n) is 11.9. The number of aryl methyl sites for hydroxylation is 1. The minimum absolute atomic E-state index is 0.0351. The normalized spacial score (nSPS) is 11.9. The monoisotopic (exact) mass is 289 g/mol. The van der Waals surface area contributed by atoms with Crippen molar-refractivity contribution in [2.75, 3.05) is 13.2 Å². The molecule has 1 unspecified atom stereocenters. The van der Waals surface area contributed by atoms with Gasteiger partial charge < -0.3 is 19.6 Å². The van der Waals surface area contributed by atoms with Gasteiger partial charge in [0.25, 0.3) is 5.91 Å². The standard InChI is InChI=1S/C16H19NO4/c1-12-4-2-3-5-15(12)21-11-16(19)17-8-6-14(18)13-7-9-20-10-13/h2-5,7,9-10,14,18H,6,8,11H2,1H3,(H,17,19). The predicted octanol–water partition coefficient (Wildman–Crippen LogP) is 2.21. The molecule has 2 rings (SSSR count). The number of hydrogen-bond donors (Lipinski definition) is 2. The molecule has 112 valence electrons. The highest BCUT2D eigenvalue weighted by molar-refractivity contribution is 5.77. The average Bonchev–Trinajstić information content (AvgIpc) is 3.00. The summed E-state index contributed by atoms with van der Waals surface area (Å²) in [7, 11) is 0. The average molecular weight is 289 g/mol. The molecule has 5 nitrogen and oxygen atoms in total. The molecular weight excluding hydrogens is 270 g/mol. The van der Waals surface area contributed by atoms with Gasteiger partial charge in [-0.3, -0.25) is 4.79 Å². The molecule has 0 fully saturated rings. The summed E-state index contributed by atoms with van der Waals surface area (Å²) in [5.41, 5.74) is 1.70. The highest BCUT2D eigenvalue weighted by Crippen LogP contribution is 2.16. The Morgan fingerprint density at radius 3 is 2.90 bits per heavy atom.